The van der Waals surface area contributed by atoms with Crippen molar-refractivity contribution in [3.8, 4) is 0 Å². The molecular formula is C21H23ClN2O3S. The first-order valence-electron chi connectivity index (χ1n) is 9.20. The molecule has 2 amide bonds. The molecule has 1 fully saturated rings. The van der Waals surface area contributed by atoms with Crippen LogP contribution in [0.2, 0.25) is 5.02 Å². The number of nitrogens with one attached hydrogen (secondary N) is 1. The van der Waals surface area contributed by atoms with Gasteiger partial charge in [0.15, 0.2) is 0 Å². The first-order valence-corrected chi connectivity index (χ1v) is 11.1. The number of amides is 2. The third-order valence-corrected chi connectivity index (χ3v) is 5.98. The monoisotopic (exact) mass is 418 g/mol. The summed E-state index contributed by atoms with van der Waals surface area (Å²) < 4.78 is 26.5. The van der Waals surface area contributed by atoms with E-state index in [4.69, 9.17) is 11.6 Å². The van der Waals surface area contributed by atoms with Crippen LogP contribution in [0.5, 0.6) is 0 Å². The summed E-state index contributed by atoms with van der Waals surface area (Å²) in [7, 11) is -3.87. The van der Waals surface area contributed by atoms with Gasteiger partial charge in [-0.15, -0.1) is 0 Å². The maximum absolute atomic E-state index is 12.3. The number of urea groups is 1. The number of piperidine rings is 1. The lowest BCUT2D eigenvalue weighted by molar-refractivity contribution is 0.175. The van der Waals surface area contributed by atoms with Crippen molar-refractivity contribution in [1.29, 1.82) is 0 Å². The standard InChI is InChI=1S/C21H23ClN2O3S/c22-20-8-4-7-18(16-20)11-14-28(26,27)23-21(25)24-12-9-19(10-13-24)15-17-5-2-1-3-6-17/h1-8,11,14,16,19H,9-10,12-13,15H2,(H,23,25)/b14-11+. The van der Waals surface area contributed by atoms with Crippen molar-refractivity contribution < 1.29 is 13.2 Å². The molecule has 1 saturated heterocycles. The maximum atomic E-state index is 12.3. The molecule has 1 aliphatic rings. The lowest BCUT2D eigenvalue weighted by Gasteiger charge is -2.31. The Kier molecular flexibility index (Phi) is 6.75. The Labute approximate surface area is 171 Å². The van der Waals surface area contributed by atoms with Crippen LogP contribution in [0.3, 0.4) is 0 Å². The number of hydrogen-bond donors (Lipinski definition) is 1. The predicted octanol–water partition coefficient (Wildman–Crippen LogP) is 4.30. The number of benzene rings is 2. The molecule has 1 aliphatic heterocycles. The molecule has 5 nitrogen and oxygen atoms in total. The number of sulfonamides is 1. The highest BCUT2D eigenvalue weighted by Gasteiger charge is 2.24. The van der Waals surface area contributed by atoms with Gasteiger partial charge in [0.05, 0.1) is 5.41 Å². The molecule has 0 radical (unpaired) electrons. The van der Waals surface area contributed by atoms with Crippen LogP contribution >= 0.6 is 11.6 Å². The van der Waals surface area contributed by atoms with Gasteiger partial charge in [-0.25, -0.2) is 17.9 Å². The zero-order valence-electron chi connectivity index (χ0n) is 15.4. The topological polar surface area (TPSA) is 66.5 Å². The van der Waals surface area contributed by atoms with Crippen molar-refractivity contribution in [1.82, 2.24) is 9.62 Å². The molecule has 148 valence electrons. The van der Waals surface area contributed by atoms with Crippen LogP contribution in [-0.4, -0.2) is 32.4 Å². The molecule has 1 N–H and O–H groups in total. The number of carbonyl (C=O) groups excluding carboxylic acids is 1. The average Bonchev–Trinajstić information content (AvgIpc) is 2.68. The van der Waals surface area contributed by atoms with Gasteiger partial charge in [0.1, 0.15) is 0 Å². The van der Waals surface area contributed by atoms with Crippen LogP contribution in [0.25, 0.3) is 6.08 Å². The van der Waals surface area contributed by atoms with E-state index < -0.39 is 16.1 Å². The third kappa shape index (κ3) is 6.11. The summed E-state index contributed by atoms with van der Waals surface area (Å²) in [6.07, 6.45) is 4.12. The van der Waals surface area contributed by atoms with Crippen molar-refractivity contribution in [3.05, 3.63) is 76.2 Å². The summed E-state index contributed by atoms with van der Waals surface area (Å²) >= 11 is 5.88. The van der Waals surface area contributed by atoms with Gasteiger partial charge in [-0.2, -0.15) is 0 Å². The Morgan fingerprint density at radius 3 is 2.50 bits per heavy atom. The Hall–Kier alpha value is -2.31. The number of rotatable bonds is 5. The molecule has 0 atom stereocenters. The summed E-state index contributed by atoms with van der Waals surface area (Å²) in [5, 5.41) is 1.50. The minimum absolute atomic E-state index is 0.505. The van der Waals surface area contributed by atoms with E-state index in [1.807, 2.05) is 18.2 Å². The fraction of sp³-hybridized carbons (Fsp3) is 0.286. The molecule has 0 saturated carbocycles. The number of likely N-dealkylation sites (tertiary alicyclic amines) is 1. The molecule has 0 spiro atoms. The quantitative estimate of drug-likeness (QED) is 0.786. The number of hydrogen-bond acceptors (Lipinski definition) is 3. The highest BCUT2D eigenvalue weighted by molar-refractivity contribution is 7.93. The normalized spacial score (nSPS) is 15.7. The lowest BCUT2D eigenvalue weighted by atomic mass is 9.90. The largest absolute Gasteiger partial charge is 0.331 e. The van der Waals surface area contributed by atoms with Crippen molar-refractivity contribution in [2.24, 2.45) is 5.92 Å². The zero-order chi connectivity index (χ0) is 20.0. The Balaban J connectivity index is 1.50. The Morgan fingerprint density at radius 2 is 1.82 bits per heavy atom. The molecule has 1 heterocycles. The SMILES string of the molecule is O=C(NS(=O)(=O)/C=C/c1cccc(Cl)c1)N1CCC(Cc2ccccc2)CC1. The first kappa shape index (κ1) is 20.4. The summed E-state index contributed by atoms with van der Waals surface area (Å²) in [6.45, 7) is 1.10. The summed E-state index contributed by atoms with van der Waals surface area (Å²) in [5.41, 5.74) is 1.94. The van der Waals surface area contributed by atoms with Crippen LogP contribution in [0.1, 0.15) is 24.0 Å². The predicted molar refractivity (Wildman–Crippen MR) is 112 cm³/mol. The molecule has 0 aromatic heterocycles. The third-order valence-electron chi connectivity index (χ3n) is 4.79. The van der Waals surface area contributed by atoms with E-state index in [9.17, 15) is 13.2 Å². The van der Waals surface area contributed by atoms with Gasteiger partial charge in [0.25, 0.3) is 10.0 Å². The highest BCUT2D eigenvalue weighted by atomic mass is 35.5. The highest BCUT2D eigenvalue weighted by Crippen LogP contribution is 2.21. The first-order chi connectivity index (χ1) is 13.4. The minimum atomic E-state index is -3.87. The maximum Gasteiger partial charge on any atom is 0.331 e. The second-order valence-electron chi connectivity index (χ2n) is 6.93. The van der Waals surface area contributed by atoms with Crippen molar-refractivity contribution in [2.75, 3.05) is 13.1 Å². The van der Waals surface area contributed by atoms with Gasteiger partial charge in [-0.05, 0) is 54.5 Å². The number of carbonyl (C=O) groups is 1. The van der Waals surface area contributed by atoms with Crippen molar-refractivity contribution in [2.45, 2.75) is 19.3 Å². The summed E-state index contributed by atoms with van der Waals surface area (Å²) in [5.74, 6) is 0.505. The van der Waals surface area contributed by atoms with Crippen LogP contribution in [-0.2, 0) is 16.4 Å². The van der Waals surface area contributed by atoms with Crippen LogP contribution < -0.4 is 4.72 Å². The molecule has 2 aromatic carbocycles. The van der Waals surface area contributed by atoms with E-state index in [2.05, 4.69) is 16.9 Å². The fourth-order valence-corrected chi connectivity index (χ4v) is 4.26. The molecule has 0 aliphatic carbocycles. The Morgan fingerprint density at radius 1 is 1.11 bits per heavy atom. The van der Waals surface area contributed by atoms with Gasteiger partial charge in [0.2, 0.25) is 0 Å². The van der Waals surface area contributed by atoms with Crippen molar-refractivity contribution in [3.63, 3.8) is 0 Å². The molecule has 2 aromatic rings. The fourth-order valence-electron chi connectivity index (χ4n) is 3.29. The van der Waals surface area contributed by atoms with E-state index >= 15 is 0 Å². The van der Waals surface area contributed by atoms with Gasteiger partial charge in [-0.1, -0.05) is 54.1 Å². The average molecular weight is 419 g/mol. The lowest BCUT2D eigenvalue weighted by Crippen LogP contribution is -2.46. The minimum Gasteiger partial charge on any atom is -0.324 e. The molecule has 0 bridgehead atoms. The molecule has 7 heteroatoms. The summed E-state index contributed by atoms with van der Waals surface area (Å²) in [6, 6.07) is 16.5. The van der Waals surface area contributed by atoms with E-state index in [0.29, 0.717) is 29.6 Å². The van der Waals surface area contributed by atoms with Gasteiger partial charge < -0.3 is 4.90 Å². The van der Waals surface area contributed by atoms with Crippen LogP contribution in [0, 0.1) is 5.92 Å². The van der Waals surface area contributed by atoms with E-state index in [1.165, 1.54) is 11.6 Å². The number of nitrogens with zero attached hydrogens (tertiary/aromatic N) is 1. The van der Waals surface area contributed by atoms with Gasteiger partial charge >= 0.3 is 6.03 Å². The second-order valence-corrected chi connectivity index (χ2v) is 8.93. The van der Waals surface area contributed by atoms with Gasteiger partial charge in [0, 0.05) is 18.1 Å². The molecule has 3 rings (SSSR count). The molecule has 0 unspecified atom stereocenters. The van der Waals surface area contributed by atoms with Crippen LogP contribution in [0.4, 0.5) is 4.79 Å². The van der Waals surface area contributed by atoms with E-state index in [-0.39, 0.29) is 0 Å². The second kappa shape index (κ2) is 9.26. The smallest absolute Gasteiger partial charge is 0.324 e. The van der Waals surface area contributed by atoms with Crippen LogP contribution in [0.15, 0.2) is 60.0 Å². The van der Waals surface area contributed by atoms with Gasteiger partial charge in [-0.3, -0.25) is 0 Å². The molecule has 28 heavy (non-hydrogen) atoms. The molecular weight excluding hydrogens is 396 g/mol. The van der Waals surface area contributed by atoms with Crippen molar-refractivity contribution >= 4 is 33.7 Å². The zero-order valence-corrected chi connectivity index (χ0v) is 17.0. The van der Waals surface area contributed by atoms with E-state index in [1.54, 1.807) is 29.2 Å². The summed E-state index contributed by atoms with van der Waals surface area (Å²) in [4.78, 5) is 13.9. The number of halogens is 1. The Bertz CT molecular complexity index is 937. The van der Waals surface area contributed by atoms with E-state index in [0.717, 1.165) is 24.7 Å².